The Morgan fingerprint density at radius 2 is 2.07 bits per heavy atom. The van der Waals surface area contributed by atoms with Crippen molar-refractivity contribution >= 4 is 16.8 Å². The molecule has 2 heterocycles. The molecular formula is C23H29N5O. The van der Waals surface area contributed by atoms with Gasteiger partial charge in [0, 0.05) is 53.5 Å². The summed E-state index contributed by atoms with van der Waals surface area (Å²) in [4.78, 5) is 18.1. The first-order chi connectivity index (χ1) is 14.1. The second-order valence-electron chi connectivity index (χ2n) is 8.76. The molecule has 1 aromatic carbocycles. The minimum Gasteiger partial charge on any atom is -0.346 e. The maximum atomic E-state index is 13.8. The fourth-order valence-electron chi connectivity index (χ4n) is 4.67. The van der Waals surface area contributed by atoms with Crippen molar-refractivity contribution in [3.63, 3.8) is 0 Å². The Balaban J connectivity index is 1.45. The molecular weight excluding hydrogens is 362 g/mol. The Kier molecular flexibility index (Phi) is 4.66. The lowest BCUT2D eigenvalue weighted by Crippen LogP contribution is -2.44. The molecule has 0 radical (unpaired) electrons. The Morgan fingerprint density at radius 1 is 1.21 bits per heavy atom. The van der Waals surface area contributed by atoms with E-state index in [1.165, 1.54) is 11.3 Å². The lowest BCUT2D eigenvalue weighted by molar-refractivity contribution is 0.0645. The summed E-state index contributed by atoms with van der Waals surface area (Å²) in [5.74, 6) is 0.195. The predicted molar refractivity (Wildman–Crippen MR) is 114 cm³/mol. The lowest BCUT2D eigenvalue weighted by Gasteiger charge is -2.34. The molecule has 1 atom stereocenters. The van der Waals surface area contributed by atoms with E-state index in [1.807, 2.05) is 18.3 Å². The third-order valence-corrected chi connectivity index (χ3v) is 6.39. The largest absolute Gasteiger partial charge is 0.346 e. The van der Waals surface area contributed by atoms with Crippen molar-refractivity contribution < 1.29 is 4.79 Å². The third kappa shape index (κ3) is 3.46. The van der Waals surface area contributed by atoms with E-state index in [9.17, 15) is 4.79 Å². The van der Waals surface area contributed by atoms with Gasteiger partial charge in [-0.3, -0.25) is 9.89 Å². The minimum atomic E-state index is 0.195. The number of H-pyrrole nitrogens is 1. The van der Waals surface area contributed by atoms with Gasteiger partial charge < -0.3 is 14.4 Å². The van der Waals surface area contributed by atoms with Crippen LogP contribution >= 0.6 is 0 Å². The standard InChI is InChI=1S/C23H29N5O/c1-26(2)12-13-27-11-10-19-20(4-3-5-22(19)27)23(29)28(17-6-7-17)18-8-9-21-16(14-18)15-24-25-21/h3-5,10-11,15,17-18H,6-9,12-14H2,1-2H3,(H,24,25). The molecule has 1 amide bonds. The highest BCUT2D eigenvalue weighted by molar-refractivity contribution is 6.07. The summed E-state index contributed by atoms with van der Waals surface area (Å²) in [7, 11) is 4.17. The average molecular weight is 392 g/mol. The zero-order valence-corrected chi connectivity index (χ0v) is 17.3. The molecule has 3 aromatic rings. The number of carbonyl (C=O) groups is 1. The number of aromatic nitrogens is 3. The number of rotatable bonds is 6. The van der Waals surface area contributed by atoms with E-state index in [-0.39, 0.29) is 11.9 Å². The van der Waals surface area contributed by atoms with Gasteiger partial charge in [0.1, 0.15) is 0 Å². The van der Waals surface area contributed by atoms with Crippen LogP contribution in [-0.2, 0) is 19.4 Å². The molecule has 2 aromatic heterocycles. The van der Waals surface area contributed by atoms with Crippen LogP contribution in [0.25, 0.3) is 10.9 Å². The Morgan fingerprint density at radius 3 is 2.86 bits per heavy atom. The van der Waals surface area contributed by atoms with Crippen molar-refractivity contribution in [2.75, 3.05) is 20.6 Å². The van der Waals surface area contributed by atoms with Gasteiger partial charge in [-0.15, -0.1) is 0 Å². The van der Waals surface area contributed by atoms with Gasteiger partial charge in [-0.2, -0.15) is 5.10 Å². The van der Waals surface area contributed by atoms with Crippen molar-refractivity contribution in [2.45, 2.75) is 50.7 Å². The molecule has 2 aliphatic rings. The smallest absolute Gasteiger partial charge is 0.255 e. The molecule has 0 saturated heterocycles. The van der Waals surface area contributed by atoms with E-state index in [0.717, 1.165) is 61.7 Å². The normalized spacial score (nSPS) is 18.9. The second kappa shape index (κ2) is 7.34. The molecule has 5 rings (SSSR count). The van der Waals surface area contributed by atoms with Crippen LogP contribution in [0.3, 0.4) is 0 Å². The topological polar surface area (TPSA) is 57.2 Å². The Labute approximate surface area is 171 Å². The zero-order chi connectivity index (χ0) is 20.0. The summed E-state index contributed by atoms with van der Waals surface area (Å²) in [6.45, 7) is 1.90. The number of nitrogens with one attached hydrogen (secondary N) is 1. The monoisotopic (exact) mass is 391 g/mol. The van der Waals surface area contributed by atoms with E-state index in [0.29, 0.717) is 6.04 Å². The molecule has 6 nitrogen and oxygen atoms in total. The van der Waals surface area contributed by atoms with Crippen LogP contribution in [0.1, 0.15) is 40.9 Å². The van der Waals surface area contributed by atoms with Gasteiger partial charge >= 0.3 is 0 Å². The van der Waals surface area contributed by atoms with E-state index in [1.54, 1.807) is 0 Å². The third-order valence-electron chi connectivity index (χ3n) is 6.39. The van der Waals surface area contributed by atoms with Crippen LogP contribution in [0, 0.1) is 0 Å². The Bertz CT molecular complexity index is 1030. The number of nitrogens with zero attached hydrogens (tertiary/aromatic N) is 4. The van der Waals surface area contributed by atoms with Crippen LogP contribution in [0.2, 0.25) is 0 Å². The van der Waals surface area contributed by atoms with Crippen molar-refractivity contribution in [2.24, 2.45) is 0 Å². The highest BCUT2D eigenvalue weighted by Crippen LogP contribution is 2.35. The van der Waals surface area contributed by atoms with Crippen LogP contribution in [0.4, 0.5) is 0 Å². The lowest BCUT2D eigenvalue weighted by atomic mass is 9.91. The molecule has 1 fully saturated rings. The second-order valence-corrected chi connectivity index (χ2v) is 8.76. The number of carbonyl (C=O) groups excluding carboxylic acids is 1. The van der Waals surface area contributed by atoms with E-state index < -0.39 is 0 Å². The van der Waals surface area contributed by atoms with Crippen LogP contribution in [0.15, 0.2) is 36.7 Å². The zero-order valence-electron chi connectivity index (χ0n) is 17.3. The van der Waals surface area contributed by atoms with Crippen molar-refractivity contribution in [3.8, 4) is 0 Å². The summed E-state index contributed by atoms with van der Waals surface area (Å²) in [6, 6.07) is 8.93. The van der Waals surface area contributed by atoms with Crippen molar-refractivity contribution in [1.29, 1.82) is 0 Å². The number of likely N-dealkylation sites (N-methyl/N-ethyl adjacent to an activating group) is 1. The summed E-state index contributed by atoms with van der Waals surface area (Å²) in [6.07, 6.45) is 9.20. The number of amides is 1. The maximum absolute atomic E-state index is 13.8. The van der Waals surface area contributed by atoms with E-state index in [2.05, 4.69) is 57.0 Å². The van der Waals surface area contributed by atoms with Gasteiger partial charge in [-0.25, -0.2) is 0 Å². The number of hydrogen-bond donors (Lipinski definition) is 1. The van der Waals surface area contributed by atoms with Crippen LogP contribution < -0.4 is 0 Å². The average Bonchev–Trinajstić information content (AvgIpc) is 3.27. The van der Waals surface area contributed by atoms with E-state index >= 15 is 0 Å². The van der Waals surface area contributed by atoms with Gasteiger partial charge in [0.25, 0.3) is 5.91 Å². The Hall–Kier alpha value is -2.60. The molecule has 152 valence electrons. The SMILES string of the molecule is CN(C)CCn1ccc2c(C(=O)N(C3CC3)C3CCc4[nH]ncc4C3)cccc21. The summed E-state index contributed by atoms with van der Waals surface area (Å²) in [5, 5.41) is 8.38. The first-order valence-corrected chi connectivity index (χ1v) is 10.7. The van der Waals surface area contributed by atoms with Gasteiger partial charge in [0.05, 0.1) is 6.20 Å². The molecule has 1 N–H and O–H groups in total. The van der Waals surface area contributed by atoms with Crippen LogP contribution in [0.5, 0.6) is 0 Å². The highest BCUT2D eigenvalue weighted by Gasteiger charge is 2.39. The van der Waals surface area contributed by atoms with Crippen molar-refractivity contribution in [1.82, 2.24) is 24.6 Å². The summed E-state index contributed by atoms with van der Waals surface area (Å²) in [5.41, 5.74) is 4.50. The molecule has 1 saturated carbocycles. The molecule has 0 aliphatic heterocycles. The summed E-state index contributed by atoms with van der Waals surface area (Å²) >= 11 is 0. The van der Waals surface area contributed by atoms with Gasteiger partial charge in [0.2, 0.25) is 0 Å². The van der Waals surface area contributed by atoms with Crippen LogP contribution in [-0.4, -0.2) is 63.2 Å². The summed E-state index contributed by atoms with van der Waals surface area (Å²) < 4.78 is 2.26. The number of benzene rings is 1. The van der Waals surface area contributed by atoms with Crippen molar-refractivity contribution in [3.05, 3.63) is 53.5 Å². The molecule has 0 spiro atoms. The van der Waals surface area contributed by atoms with Gasteiger partial charge in [-0.1, -0.05) is 6.07 Å². The number of hydrogen-bond acceptors (Lipinski definition) is 3. The maximum Gasteiger partial charge on any atom is 0.255 e. The number of fused-ring (bicyclic) bond motifs is 2. The minimum absolute atomic E-state index is 0.195. The van der Waals surface area contributed by atoms with Gasteiger partial charge in [0.15, 0.2) is 0 Å². The quantitative estimate of drug-likeness (QED) is 0.703. The molecule has 1 unspecified atom stereocenters. The van der Waals surface area contributed by atoms with Gasteiger partial charge in [-0.05, 0) is 70.0 Å². The number of aromatic amines is 1. The fraction of sp³-hybridized carbons (Fsp3) is 0.478. The predicted octanol–water partition coefficient (Wildman–Crippen LogP) is 3.09. The number of aryl methyl sites for hydroxylation is 1. The first-order valence-electron chi connectivity index (χ1n) is 10.7. The molecule has 6 heteroatoms. The molecule has 2 aliphatic carbocycles. The molecule has 0 bridgehead atoms. The fourth-order valence-corrected chi connectivity index (χ4v) is 4.67. The highest BCUT2D eigenvalue weighted by atomic mass is 16.2. The first kappa shape index (κ1) is 18.4. The van der Waals surface area contributed by atoms with E-state index in [4.69, 9.17) is 0 Å². The molecule has 29 heavy (non-hydrogen) atoms.